The van der Waals surface area contributed by atoms with Gasteiger partial charge in [0, 0.05) is 118 Å². The number of hydrogen-bond donors (Lipinski definition) is 0. The molecule has 0 aliphatic carbocycles. The summed E-state index contributed by atoms with van der Waals surface area (Å²) in [5, 5.41) is 0. The van der Waals surface area contributed by atoms with Crippen molar-refractivity contribution in [3.8, 4) is 0 Å². The van der Waals surface area contributed by atoms with Crippen molar-refractivity contribution in [2.45, 2.75) is 198 Å². The molecular formula is C43H118O9Rf4Si7W3-6. The summed E-state index contributed by atoms with van der Waals surface area (Å²) in [4.78, 5) is 0. The SMILES string of the molecule is C.C.CCC.CCCCOCC.C[Si](C)(C)O[Si](C)(C)C.C[Si](C)(C)O[Si](C)(C)O[Si](C)(C)C.[CH2-]CCC[Si](C)(OC)OC.[CH2-]CCC[Si](OC)(OC)OC.[CH3-].[CH3-].[CH3-].[CH3-].[Rf].[Rf].[Rf].[Rf].[W].[W].[W]. The first-order chi connectivity index (χ1) is 23.9. The fourth-order valence-electron chi connectivity index (χ4n) is 4.44. The third kappa shape index (κ3) is 115. The molecule has 0 radical (unpaired) electrons. The Morgan fingerprint density at radius 1 is 0.409 bits per heavy atom. The van der Waals surface area contributed by atoms with E-state index in [2.05, 4.69) is 133 Å². The van der Waals surface area contributed by atoms with E-state index in [9.17, 15) is 0 Å². The van der Waals surface area contributed by atoms with Gasteiger partial charge < -0.3 is 82.8 Å². The minimum atomic E-state index is -2.28. The summed E-state index contributed by atoms with van der Waals surface area (Å²) in [5.41, 5.74) is 0. The molecule has 0 aliphatic rings. The van der Waals surface area contributed by atoms with Crippen LogP contribution in [0.1, 0.15) is 87.5 Å². The van der Waals surface area contributed by atoms with E-state index in [1.54, 1.807) is 35.5 Å². The molecule has 0 atom stereocenters. The van der Waals surface area contributed by atoms with Gasteiger partial charge in [-0.05, 0) is 118 Å². The van der Waals surface area contributed by atoms with Crippen molar-refractivity contribution < 1.29 is 102 Å². The van der Waals surface area contributed by atoms with Crippen LogP contribution in [0.3, 0.4) is 0 Å². The molecule has 0 aromatic heterocycles. The van der Waals surface area contributed by atoms with Crippen LogP contribution >= 0.6 is 0 Å². The fourth-order valence-corrected chi connectivity index (χ4v) is 27.4. The summed E-state index contributed by atoms with van der Waals surface area (Å²) >= 11 is 0. The van der Waals surface area contributed by atoms with E-state index in [0.717, 1.165) is 51.0 Å². The van der Waals surface area contributed by atoms with Crippen molar-refractivity contribution in [3.63, 3.8) is 0 Å². The minimum absolute atomic E-state index is 0. The average Bonchev–Trinajstić information content (AvgIpc) is 2.99. The van der Waals surface area contributed by atoms with E-state index in [4.69, 9.17) is 39.2 Å². The van der Waals surface area contributed by atoms with E-state index in [0.29, 0.717) is 0 Å². The Balaban J connectivity index is -0.0000000233. The predicted octanol–water partition coefficient (Wildman–Crippen LogP) is 15.8. The quantitative estimate of drug-likeness (QED) is 0.0634. The Labute approximate surface area is 447 Å². The van der Waals surface area contributed by atoms with Crippen molar-refractivity contribution in [2.75, 3.05) is 48.8 Å². The summed E-state index contributed by atoms with van der Waals surface area (Å²) in [6.45, 7) is 50.9. The van der Waals surface area contributed by atoms with Gasteiger partial charge in [0.15, 0.2) is 33.3 Å². The van der Waals surface area contributed by atoms with Crippen LogP contribution in [0.2, 0.25) is 110 Å². The van der Waals surface area contributed by atoms with Gasteiger partial charge in [-0.1, -0.05) is 61.3 Å². The van der Waals surface area contributed by atoms with Crippen molar-refractivity contribution in [1.29, 1.82) is 0 Å². The molecule has 23 heteroatoms. The largest absolute Gasteiger partial charge is 0.500 e. The molecule has 0 aromatic carbocycles. The molecule has 404 valence electrons. The van der Waals surface area contributed by atoms with Crippen LogP contribution in [0.5, 0.6) is 0 Å². The predicted molar refractivity (Wildman–Crippen MR) is 292 cm³/mol. The Bertz CT molecular complexity index is 747. The maximum Gasteiger partial charge on any atom is 0.500 e. The Morgan fingerprint density at radius 2 is 0.667 bits per heavy atom. The third-order valence-corrected chi connectivity index (χ3v) is 25.5. The van der Waals surface area contributed by atoms with Crippen LogP contribution in [-0.2, 0) is 102 Å². The second kappa shape index (κ2) is 68.5. The summed E-state index contributed by atoms with van der Waals surface area (Å²) in [6, 6.07) is 1.89. The first-order valence-electron chi connectivity index (χ1n) is 19.9. The van der Waals surface area contributed by atoms with Gasteiger partial charge >= 0.3 is 25.9 Å². The van der Waals surface area contributed by atoms with E-state index in [1.165, 1.54) is 19.3 Å². The molecule has 0 rings (SSSR count). The standard InChI is InChI=1S/C8H24O2Si3.C7H17O3Si.C7H17O2Si.C6H18OSi2.C6H14O.C3H8.2CH4.4CH3.4Rf.3W/c1-11(2,3)9-13(7,8)10-12(4,5)6;1-5-6-7-11(8-2,9-3)10-4;1-5-6-7-10(4,8-2)9-3;1-8(2,3)7-9(4,5)6;1-3-5-6-7-4-2;1-3-2;;;;;;;;;;;;;/h1-8H3;1,5-7H2,2-4H3;1,5-7H2,2-4H3;1-6H3;3-6H2,1-2H3;3H2,1-2H3;2*1H4;4*1H3;;;;;;;/q;2*-1;;;;;;4*-1;;;;;;;. The maximum absolute atomic E-state index is 6.09. The molecular weight excluding hydrogens is 2480 g/mol. The zero-order chi connectivity index (χ0) is 43.6. The summed E-state index contributed by atoms with van der Waals surface area (Å²) in [7, 11) is -2.89. The van der Waals surface area contributed by atoms with Gasteiger partial charge in [-0.15, -0.1) is 0 Å². The van der Waals surface area contributed by atoms with Gasteiger partial charge in [0.25, 0.3) is 0 Å². The molecule has 0 spiro atoms. The first-order valence-corrected chi connectivity index (χ1v) is 40.8. The van der Waals surface area contributed by atoms with Gasteiger partial charge in [-0.25, -0.2) is 0 Å². The van der Waals surface area contributed by atoms with Crippen LogP contribution in [0.25, 0.3) is 0 Å². The van der Waals surface area contributed by atoms with Crippen LogP contribution in [-0.4, -0.2) is 108 Å². The number of rotatable bonds is 21. The molecule has 0 unspecified atom stereocenters. The van der Waals surface area contributed by atoms with Crippen molar-refractivity contribution in [1.82, 2.24) is 0 Å². The van der Waals surface area contributed by atoms with Gasteiger partial charge in [-0.2, -0.15) is 12.8 Å². The van der Waals surface area contributed by atoms with E-state index < -0.39 is 59.2 Å². The smallest absolute Gasteiger partial charge is 0.456 e. The molecule has 9 nitrogen and oxygen atoms in total. The number of ether oxygens (including phenoxy) is 1. The molecule has 0 aromatic rings. The van der Waals surface area contributed by atoms with Crippen LogP contribution in [0.15, 0.2) is 0 Å². The van der Waals surface area contributed by atoms with Crippen molar-refractivity contribution >= 4 is 59.2 Å². The van der Waals surface area contributed by atoms with Crippen LogP contribution in [0.4, 0.5) is 0 Å². The summed E-state index contributed by atoms with van der Waals surface area (Å²) in [5.74, 6) is 0. The zero-order valence-corrected chi connectivity index (χ0v) is 89.8. The van der Waals surface area contributed by atoms with Crippen LogP contribution in [0, 0.1) is 43.6 Å². The Morgan fingerprint density at radius 3 is 0.833 bits per heavy atom. The molecule has 0 saturated heterocycles. The van der Waals surface area contributed by atoms with E-state index in [1.807, 2.05) is 6.92 Å². The Hall–Kier alpha value is -0.777. The molecule has 0 heterocycles. The van der Waals surface area contributed by atoms with Crippen molar-refractivity contribution in [3.05, 3.63) is 43.6 Å². The normalized spacial score (nSPS) is 9.91. The third-order valence-electron chi connectivity index (χ3n) is 5.97. The molecule has 0 aliphatic heterocycles. The second-order valence-corrected chi connectivity index (χ2v) is 46.0. The molecule has 0 fully saturated rings. The monoisotopic (exact) mass is 2600 g/mol. The average molecular weight is 2600 g/mol. The molecule has 66 heavy (non-hydrogen) atoms. The molecule has 0 saturated carbocycles. The van der Waals surface area contributed by atoms with Crippen LogP contribution < -0.4 is 0 Å². The zero-order valence-electron chi connectivity index (χ0n) is 48.4. The second-order valence-electron chi connectivity index (χ2n) is 17.2. The molecule has 0 N–H and O–H groups in total. The van der Waals surface area contributed by atoms with Crippen molar-refractivity contribution in [2.24, 2.45) is 0 Å². The van der Waals surface area contributed by atoms with Gasteiger partial charge in [-0.3, -0.25) is 0 Å². The summed E-state index contributed by atoms with van der Waals surface area (Å²) < 4.78 is 49.3. The van der Waals surface area contributed by atoms with Gasteiger partial charge in [0.1, 0.15) is 0 Å². The fraction of sp³-hybridized carbons (Fsp3) is 0.860. The minimum Gasteiger partial charge on any atom is -0.456 e. The number of unbranched alkanes of at least 4 members (excludes halogenated alkanes) is 3. The number of hydrogen-bond acceptors (Lipinski definition) is 9. The van der Waals surface area contributed by atoms with Gasteiger partial charge in [0.2, 0.25) is 0 Å². The first kappa shape index (κ1) is 126. The van der Waals surface area contributed by atoms with E-state index in [-0.39, 0.29) is 108 Å². The van der Waals surface area contributed by atoms with E-state index >= 15 is 0 Å². The molecule has 0 bridgehead atoms. The van der Waals surface area contributed by atoms with Gasteiger partial charge in [0.05, 0.1) is 0 Å². The summed E-state index contributed by atoms with van der Waals surface area (Å²) in [6.07, 6.45) is 7.64. The topological polar surface area (TPSA) is 83.1 Å². The Kier molecular flexibility index (Phi) is 131. The maximum atomic E-state index is 6.09. The molecule has 0 amide bonds.